The van der Waals surface area contributed by atoms with Crippen LogP contribution in [-0.2, 0) is 6.42 Å². The van der Waals surface area contributed by atoms with E-state index in [-0.39, 0.29) is 11.9 Å². The van der Waals surface area contributed by atoms with Gasteiger partial charge in [-0.2, -0.15) is 0 Å². The van der Waals surface area contributed by atoms with Gasteiger partial charge in [0.25, 0.3) is 5.91 Å². The van der Waals surface area contributed by atoms with Crippen molar-refractivity contribution in [3.63, 3.8) is 0 Å². The maximum Gasteiger partial charge on any atom is 0.278 e. The van der Waals surface area contributed by atoms with Crippen molar-refractivity contribution >= 4 is 46.3 Å². The molecular weight excluding hydrogens is 383 g/mol. The van der Waals surface area contributed by atoms with Crippen molar-refractivity contribution in [3.8, 4) is 0 Å². The summed E-state index contributed by atoms with van der Waals surface area (Å²) in [5.74, 6) is 0.344. The molecule has 136 valence electrons. The number of halogens is 2. The number of amides is 1. The topological polar surface area (TPSA) is 58.1 Å². The SMILES string of the molecule is CC1Cc2ccccc2N1C(=O)c1cnc(Nc2cc(Cl)cc(Cl)c2)cn1. The Morgan fingerprint density at radius 3 is 2.56 bits per heavy atom. The van der Waals surface area contributed by atoms with Gasteiger partial charge in [-0.3, -0.25) is 4.79 Å². The first-order valence-corrected chi connectivity index (χ1v) is 9.23. The fourth-order valence-corrected chi connectivity index (χ4v) is 3.80. The lowest BCUT2D eigenvalue weighted by Crippen LogP contribution is -2.36. The second-order valence-electron chi connectivity index (χ2n) is 6.43. The van der Waals surface area contributed by atoms with Crippen LogP contribution in [-0.4, -0.2) is 21.9 Å². The van der Waals surface area contributed by atoms with E-state index in [4.69, 9.17) is 23.2 Å². The molecule has 4 rings (SSSR count). The van der Waals surface area contributed by atoms with Crippen LogP contribution < -0.4 is 10.2 Å². The van der Waals surface area contributed by atoms with Crippen molar-refractivity contribution in [2.75, 3.05) is 10.2 Å². The molecule has 1 aliphatic heterocycles. The number of carbonyl (C=O) groups is 1. The third kappa shape index (κ3) is 3.61. The molecule has 0 spiro atoms. The quantitative estimate of drug-likeness (QED) is 0.664. The van der Waals surface area contributed by atoms with Gasteiger partial charge >= 0.3 is 0 Å². The molecule has 0 saturated heterocycles. The van der Waals surface area contributed by atoms with Gasteiger partial charge in [0, 0.05) is 27.5 Å². The van der Waals surface area contributed by atoms with E-state index < -0.39 is 0 Å². The summed E-state index contributed by atoms with van der Waals surface area (Å²) in [7, 11) is 0. The number of para-hydroxylation sites is 1. The van der Waals surface area contributed by atoms with Crippen LogP contribution in [0.5, 0.6) is 0 Å². The van der Waals surface area contributed by atoms with Crippen molar-refractivity contribution in [2.45, 2.75) is 19.4 Å². The van der Waals surface area contributed by atoms with E-state index in [0.717, 1.165) is 12.1 Å². The lowest BCUT2D eigenvalue weighted by atomic mass is 10.1. The van der Waals surface area contributed by atoms with E-state index in [9.17, 15) is 4.79 Å². The predicted molar refractivity (Wildman–Crippen MR) is 108 cm³/mol. The van der Waals surface area contributed by atoms with Crippen LogP contribution in [0.2, 0.25) is 10.0 Å². The molecule has 3 aromatic rings. The highest BCUT2D eigenvalue weighted by atomic mass is 35.5. The number of nitrogens with one attached hydrogen (secondary N) is 1. The zero-order valence-electron chi connectivity index (χ0n) is 14.5. The fourth-order valence-electron chi connectivity index (χ4n) is 3.28. The molecule has 1 aliphatic rings. The first kappa shape index (κ1) is 17.8. The summed E-state index contributed by atoms with van der Waals surface area (Å²) < 4.78 is 0. The van der Waals surface area contributed by atoms with Crippen LogP contribution in [0, 0.1) is 0 Å². The highest BCUT2D eigenvalue weighted by Crippen LogP contribution is 2.32. The first-order chi connectivity index (χ1) is 13.0. The number of fused-ring (bicyclic) bond motifs is 1. The lowest BCUT2D eigenvalue weighted by molar-refractivity contribution is 0.0976. The minimum Gasteiger partial charge on any atom is -0.339 e. The third-order valence-electron chi connectivity index (χ3n) is 4.43. The second kappa shape index (κ2) is 7.18. The van der Waals surface area contributed by atoms with Crippen molar-refractivity contribution < 1.29 is 4.79 Å². The van der Waals surface area contributed by atoms with E-state index in [1.165, 1.54) is 18.0 Å². The maximum atomic E-state index is 12.9. The summed E-state index contributed by atoms with van der Waals surface area (Å²) in [5.41, 5.74) is 3.10. The first-order valence-electron chi connectivity index (χ1n) is 8.48. The molecule has 1 amide bonds. The highest BCUT2D eigenvalue weighted by molar-refractivity contribution is 6.35. The Hall–Kier alpha value is -2.63. The molecule has 2 heterocycles. The molecule has 2 aromatic carbocycles. The molecule has 27 heavy (non-hydrogen) atoms. The number of aromatic nitrogens is 2. The molecule has 1 unspecified atom stereocenters. The molecule has 0 saturated carbocycles. The van der Waals surface area contributed by atoms with Gasteiger partial charge in [0.2, 0.25) is 0 Å². The molecule has 1 aromatic heterocycles. The lowest BCUT2D eigenvalue weighted by Gasteiger charge is -2.22. The monoisotopic (exact) mass is 398 g/mol. The van der Waals surface area contributed by atoms with Gasteiger partial charge in [0.1, 0.15) is 11.5 Å². The zero-order valence-corrected chi connectivity index (χ0v) is 16.0. The molecule has 0 aliphatic carbocycles. The minimum atomic E-state index is -0.155. The number of hydrogen-bond donors (Lipinski definition) is 1. The Kier molecular flexibility index (Phi) is 4.72. The highest BCUT2D eigenvalue weighted by Gasteiger charge is 2.31. The Labute approximate surface area is 167 Å². The number of benzene rings is 2. The smallest absolute Gasteiger partial charge is 0.278 e. The predicted octanol–water partition coefficient (Wildman–Crippen LogP) is 5.12. The van der Waals surface area contributed by atoms with Crippen molar-refractivity contribution in [1.29, 1.82) is 0 Å². The summed E-state index contributed by atoms with van der Waals surface area (Å²) in [6.07, 6.45) is 3.84. The van der Waals surface area contributed by atoms with Crippen LogP contribution in [0.3, 0.4) is 0 Å². The fraction of sp³-hybridized carbons (Fsp3) is 0.150. The average Bonchev–Trinajstić information content (AvgIpc) is 2.96. The largest absolute Gasteiger partial charge is 0.339 e. The Balaban J connectivity index is 1.55. The van der Waals surface area contributed by atoms with Gasteiger partial charge in [-0.15, -0.1) is 0 Å². The van der Waals surface area contributed by atoms with E-state index in [1.807, 2.05) is 31.2 Å². The van der Waals surface area contributed by atoms with Gasteiger partial charge in [0.15, 0.2) is 0 Å². The van der Waals surface area contributed by atoms with Crippen molar-refractivity contribution in [1.82, 2.24) is 9.97 Å². The molecular formula is C20H16Cl2N4O. The maximum absolute atomic E-state index is 12.9. The van der Waals surface area contributed by atoms with E-state index in [2.05, 4.69) is 15.3 Å². The van der Waals surface area contributed by atoms with Crippen molar-refractivity contribution in [3.05, 3.63) is 76.2 Å². The second-order valence-corrected chi connectivity index (χ2v) is 7.30. The number of nitrogens with zero attached hydrogens (tertiary/aromatic N) is 3. The summed E-state index contributed by atoms with van der Waals surface area (Å²) in [6.45, 7) is 2.03. The molecule has 1 atom stereocenters. The van der Waals surface area contributed by atoms with Gasteiger partial charge < -0.3 is 10.2 Å². The number of anilines is 3. The molecule has 7 heteroatoms. The van der Waals surface area contributed by atoms with E-state index >= 15 is 0 Å². The molecule has 0 radical (unpaired) electrons. The van der Waals surface area contributed by atoms with Crippen LogP contribution in [0.25, 0.3) is 0 Å². The van der Waals surface area contributed by atoms with Gasteiger partial charge in [0.05, 0.1) is 12.4 Å². The van der Waals surface area contributed by atoms with Crippen LogP contribution in [0.4, 0.5) is 17.2 Å². The average molecular weight is 399 g/mol. The minimum absolute atomic E-state index is 0.0862. The normalized spacial score (nSPS) is 15.5. The summed E-state index contributed by atoms with van der Waals surface area (Å²) in [4.78, 5) is 23.3. The summed E-state index contributed by atoms with van der Waals surface area (Å²) in [5, 5.41) is 4.12. The molecule has 1 N–H and O–H groups in total. The molecule has 0 fully saturated rings. The van der Waals surface area contributed by atoms with Crippen molar-refractivity contribution in [2.24, 2.45) is 0 Å². The number of rotatable bonds is 3. The molecule has 0 bridgehead atoms. The summed E-state index contributed by atoms with van der Waals surface area (Å²) in [6, 6.07) is 13.1. The molecule has 5 nitrogen and oxygen atoms in total. The number of carbonyl (C=O) groups excluding carboxylic acids is 1. The zero-order chi connectivity index (χ0) is 19.0. The number of hydrogen-bond acceptors (Lipinski definition) is 4. The van der Waals surface area contributed by atoms with Gasteiger partial charge in [-0.1, -0.05) is 41.4 Å². The third-order valence-corrected chi connectivity index (χ3v) is 4.87. The standard InChI is InChI=1S/C20H16Cl2N4O/c1-12-6-13-4-2-3-5-18(13)26(12)20(27)17-10-24-19(11-23-17)25-16-8-14(21)7-15(22)9-16/h2-5,7-12H,6H2,1H3,(H,24,25). The van der Waals surface area contributed by atoms with E-state index in [0.29, 0.717) is 27.2 Å². The van der Waals surface area contributed by atoms with Crippen LogP contribution in [0.1, 0.15) is 23.0 Å². The Bertz CT molecular complexity index is 987. The van der Waals surface area contributed by atoms with Gasteiger partial charge in [-0.25, -0.2) is 9.97 Å². The van der Waals surface area contributed by atoms with E-state index in [1.54, 1.807) is 23.1 Å². The summed E-state index contributed by atoms with van der Waals surface area (Å²) >= 11 is 12.0. The van der Waals surface area contributed by atoms with Crippen LogP contribution >= 0.6 is 23.2 Å². The van der Waals surface area contributed by atoms with Gasteiger partial charge in [-0.05, 0) is 43.2 Å². The van der Waals surface area contributed by atoms with Crippen LogP contribution in [0.15, 0.2) is 54.9 Å². The Morgan fingerprint density at radius 1 is 1.11 bits per heavy atom. The Morgan fingerprint density at radius 2 is 1.85 bits per heavy atom.